The zero-order chi connectivity index (χ0) is 15.4. The standard InChI is InChI=1S/C16H20BrN3O2/c17-12-9-13(18-10-12)16(21)19-11-14(15-5-4-8-22-15)20-6-2-1-3-7-20/h4-5,8-10,14,18H,1-3,6-7,11H2,(H,19,21). The van der Waals surface area contributed by atoms with Crippen LogP contribution in [0, 0.1) is 0 Å². The second-order valence-corrected chi connectivity index (χ2v) is 6.49. The van der Waals surface area contributed by atoms with Crippen LogP contribution in [0.3, 0.4) is 0 Å². The topological polar surface area (TPSA) is 61.3 Å². The Morgan fingerprint density at radius 3 is 2.86 bits per heavy atom. The highest BCUT2D eigenvalue weighted by Crippen LogP contribution is 2.24. The summed E-state index contributed by atoms with van der Waals surface area (Å²) in [5.74, 6) is 0.814. The fraction of sp³-hybridized carbons (Fsp3) is 0.438. The van der Waals surface area contributed by atoms with E-state index in [9.17, 15) is 4.79 Å². The third-order valence-electron chi connectivity index (χ3n) is 4.05. The quantitative estimate of drug-likeness (QED) is 0.854. The Morgan fingerprint density at radius 1 is 1.41 bits per heavy atom. The number of amides is 1. The van der Waals surface area contributed by atoms with E-state index >= 15 is 0 Å². The monoisotopic (exact) mass is 365 g/mol. The smallest absolute Gasteiger partial charge is 0.267 e. The van der Waals surface area contributed by atoms with E-state index in [4.69, 9.17) is 4.42 Å². The number of hydrogen-bond acceptors (Lipinski definition) is 3. The summed E-state index contributed by atoms with van der Waals surface area (Å²) in [6, 6.07) is 5.75. The molecule has 2 aromatic heterocycles. The van der Waals surface area contributed by atoms with Gasteiger partial charge in [-0.1, -0.05) is 6.42 Å². The van der Waals surface area contributed by atoms with Crippen molar-refractivity contribution in [3.05, 3.63) is 46.6 Å². The maximum Gasteiger partial charge on any atom is 0.267 e. The van der Waals surface area contributed by atoms with Gasteiger partial charge in [0, 0.05) is 17.2 Å². The van der Waals surface area contributed by atoms with Crippen LogP contribution in [0.15, 0.2) is 39.5 Å². The first-order valence-electron chi connectivity index (χ1n) is 7.63. The van der Waals surface area contributed by atoms with Gasteiger partial charge in [0.15, 0.2) is 0 Å². The highest BCUT2D eigenvalue weighted by Gasteiger charge is 2.25. The number of rotatable bonds is 5. The molecular formula is C16H20BrN3O2. The van der Waals surface area contributed by atoms with Gasteiger partial charge in [0.05, 0.1) is 12.3 Å². The summed E-state index contributed by atoms with van der Waals surface area (Å²) in [6.07, 6.45) is 7.13. The van der Waals surface area contributed by atoms with E-state index in [1.54, 1.807) is 18.5 Å². The van der Waals surface area contributed by atoms with Crippen molar-refractivity contribution in [2.45, 2.75) is 25.3 Å². The van der Waals surface area contributed by atoms with E-state index in [-0.39, 0.29) is 11.9 Å². The molecule has 0 radical (unpaired) electrons. The van der Waals surface area contributed by atoms with Gasteiger partial charge in [-0.25, -0.2) is 0 Å². The number of furan rings is 1. The van der Waals surface area contributed by atoms with E-state index in [0.717, 1.165) is 23.3 Å². The fourth-order valence-electron chi connectivity index (χ4n) is 2.90. The first-order chi connectivity index (χ1) is 10.7. The molecule has 0 aromatic carbocycles. The summed E-state index contributed by atoms with van der Waals surface area (Å²) in [4.78, 5) is 17.5. The van der Waals surface area contributed by atoms with Crippen LogP contribution in [0.5, 0.6) is 0 Å². The Hall–Kier alpha value is -1.53. The second kappa shape index (κ2) is 7.15. The van der Waals surface area contributed by atoms with Gasteiger partial charge in [0.25, 0.3) is 5.91 Å². The normalized spacial score (nSPS) is 17.3. The number of carbonyl (C=O) groups is 1. The number of H-pyrrole nitrogens is 1. The van der Waals surface area contributed by atoms with Gasteiger partial charge < -0.3 is 14.7 Å². The lowest BCUT2D eigenvalue weighted by atomic mass is 10.1. The van der Waals surface area contributed by atoms with Gasteiger partial charge in [0.2, 0.25) is 0 Å². The molecule has 5 nitrogen and oxygen atoms in total. The number of carbonyl (C=O) groups excluding carboxylic acids is 1. The Labute approximate surface area is 138 Å². The lowest BCUT2D eigenvalue weighted by Crippen LogP contribution is -2.40. The molecule has 3 rings (SSSR count). The van der Waals surface area contributed by atoms with Crippen molar-refractivity contribution in [3.63, 3.8) is 0 Å². The molecule has 1 aliphatic heterocycles. The molecular weight excluding hydrogens is 346 g/mol. The SMILES string of the molecule is O=C(NCC(c1ccco1)N1CCCCC1)c1cc(Br)c[nH]1. The minimum Gasteiger partial charge on any atom is -0.468 e. The molecule has 1 unspecified atom stereocenters. The van der Waals surface area contributed by atoms with Crippen LogP contribution < -0.4 is 5.32 Å². The van der Waals surface area contributed by atoms with Gasteiger partial charge in [-0.05, 0) is 60.1 Å². The first-order valence-corrected chi connectivity index (χ1v) is 8.43. The summed E-state index contributed by atoms with van der Waals surface area (Å²) in [6.45, 7) is 2.65. The van der Waals surface area contributed by atoms with Gasteiger partial charge in [0.1, 0.15) is 11.5 Å². The summed E-state index contributed by atoms with van der Waals surface area (Å²) in [5.41, 5.74) is 0.559. The van der Waals surface area contributed by atoms with Crippen molar-refractivity contribution < 1.29 is 9.21 Å². The first kappa shape index (κ1) is 15.4. The number of piperidine rings is 1. The lowest BCUT2D eigenvalue weighted by molar-refractivity contribution is 0.0910. The minimum atomic E-state index is -0.0979. The van der Waals surface area contributed by atoms with Gasteiger partial charge in [-0.2, -0.15) is 0 Å². The third-order valence-corrected chi connectivity index (χ3v) is 4.51. The number of nitrogens with one attached hydrogen (secondary N) is 2. The van der Waals surface area contributed by atoms with Crippen LogP contribution in [0.25, 0.3) is 0 Å². The largest absolute Gasteiger partial charge is 0.468 e. The summed E-state index contributed by atoms with van der Waals surface area (Å²) >= 11 is 3.34. The van der Waals surface area contributed by atoms with Crippen LogP contribution in [-0.4, -0.2) is 35.4 Å². The van der Waals surface area contributed by atoms with Crippen molar-refractivity contribution in [1.29, 1.82) is 0 Å². The number of nitrogens with zero attached hydrogens (tertiary/aromatic N) is 1. The zero-order valence-electron chi connectivity index (χ0n) is 12.3. The Bertz CT molecular complexity index is 603. The molecule has 1 fully saturated rings. The van der Waals surface area contributed by atoms with Crippen molar-refractivity contribution in [3.8, 4) is 0 Å². The number of aromatic amines is 1. The number of likely N-dealkylation sites (tertiary alicyclic amines) is 1. The highest BCUT2D eigenvalue weighted by molar-refractivity contribution is 9.10. The molecule has 1 saturated heterocycles. The number of aromatic nitrogens is 1. The molecule has 0 saturated carbocycles. The molecule has 2 N–H and O–H groups in total. The lowest BCUT2D eigenvalue weighted by Gasteiger charge is -2.33. The Kier molecular flexibility index (Phi) is 5.00. The van der Waals surface area contributed by atoms with E-state index in [2.05, 4.69) is 31.1 Å². The summed E-state index contributed by atoms with van der Waals surface area (Å²) in [5, 5.41) is 3.01. The molecule has 0 spiro atoms. The second-order valence-electron chi connectivity index (χ2n) is 5.57. The molecule has 118 valence electrons. The average molecular weight is 366 g/mol. The van der Waals surface area contributed by atoms with Crippen LogP contribution in [0.2, 0.25) is 0 Å². The van der Waals surface area contributed by atoms with Crippen molar-refractivity contribution in [2.24, 2.45) is 0 Å². The Morgan fingerprint density at radius 2 is 2.23 bits per heavy atom. The Balaban J connectivity index is 1.66. The van der Waals surface area contributed by atoms with Crippen molar-refractivity contribution in [2.75, 3.05) is 19.6 Å². The van der Waals surface area contributed by atoms with Gasteiger partial charge >= 0.3 is 0 Å². The predicted molar refractivity (Wildman–Crippen MR) is 87.7 cm³/mol. The van der Waals surface area contributed by atoms with Crippen molar-refractivity contribution in [1.82, 2.24) is 15.2 Å². The molecule has 1 atom stereocenters. The third kappa shape index (κ3) is 3.62. The van der Waals surface area contributed by atoms with Crippen molar-refractivity contribution >= 4 is 21.8 Å². The average Bonchev–Trinajstić information content (AvgIpc) is 3.20. The van der Waals surface area contributed by atoms with Crippen LogP contribution in [0.1, 0.15) is 41.6 Å². The number of hydrogen-bond donors (Lipinski definition) is 2. The molecule has 6 heteroatoms. The molecule has 0 bridgehead atoms. The highest BCUT2D eigenvalue weighted by atomic mass is 79.9. The van der Waals surface area contributed by atoms with E-state index in [1.807, 2.05) is 12.1 Å². The summed E-state index contributed by atoms with van der Waals surface area (Å²) < 4.78 is 6.45. The molecule has 0 aliphatic carbocycles. The minimum absolute atomic E-state index is 0.0950. The molecule has 1 aliphatic rings. The molecule has 3 heterocycles. The van der Waals surface area contributed by atoms with E-state index < -0.39 is 0 Å². The van der Waals surface area contributed by atoms with E-state index in [0.29, 0.717) is 12.2 Å². The van der Waals surface area contributed by atoms with Crippen LogP contribution in [0.4, 0.5) is 0 Å². The van der Waals surface area contributed by atoms with Gasteiger partial charge in [-0.3, -0.25) is 9.69 Å². The van der Waals surface area contributed by atoms with Crippen LogP contribution in [-0.2, 0) is 0 Å². The maximum atomic E-state index is 12.2. The number of halogens is 1. The molecule has 2 aromatic rings. The molecule has 1 amide bonds. The van der Waals surface area contributed by atoms with Crippen LogP contribution >= 0.6 is 15.9 Å². The predicted octanol–water partition coefficient (Wildman–Crippen LogP) is 3.33. The van der Waals surface area contributed by atoms with Gasteiger partial charge in [-0.15, -0.1) is 0 Å². The maximum absolute atomic E-state index is 12.2. The van der Waals surface area contributed by atoms with E-state index in [1.165, 1.54) is 19.3 Å². The molecule has 22 heavy (non-hydrogen) atoms. The fourth-order valence-corrected chi connectivity index (χ4v) is 3.25. The summed E-state index contributed by atoms with van der Waals surface area (Å²) in [7, 11) is 0. The zero-order valence-corrected chi connectivity index (χ0v) is 13.9.